The number of carbonyl (C=O) groups is 3. The van der Waals surface area contributed by atoms with Gasteiger partial charge in [-0.1, -0.05) is 188 Å². The van der Waals surface area contributed by atoms with Gasteiger partial charge in [0.1, 0.15) is 13.2 Å². The number of ether oxygens (including phenoxy) is 3. The standard InChI is InChI=1S/C41H78O6/c1-4-7-10-13-15-16-17-18-19-20-21-22-23-24-26-29-32-35-41(44)47-38(36-45-39(42)33-30-27-12-9-6-3)37-46-40(43)34-31-28-25-14-11-8-5-2/h38H,4-37H2,1-3H3/t38-/m0/s1. The van der Waals surface area contributed by atoms with Crippen molar-refractivity contribution in [2.24, 2.45) is 0 Å². The molecule has 6 nitrogen and oxygen atoms in total. The van der Waals surface area contributed by atoms with Crippen LogP contribution < -0.4 is 0 Å². The molecule has 0 spiro atoms. The lowest BCUT2D eigenvalue weighted by atomic mass is 10.0. The highest BCUT2D eigenvalue weighted by molar-refractivity contribution is 5.71. The molecule has 0 bridgehead atoms. The fourth-order valence-corrected chi connectivity index (χ4v) is 5.97. The second-order valence-electron chi connectivity index (χ2n) is 13.9. The first-order valence-corrected chi connectivity index (χ1v) is 20.5. The van der Waals surface area contributed by atoms with Crippen LogP contribution in [-0.4, -0.2) is 37.2 Å². The third-order valence-electron chi connectivity index (χ3n) is 9.11. The van der Waals surface area contributed by atoms with Crippen LogP contribution in [0.1, 0.15) is 226 Å². The van der Waals surface area contributed by atoms with Crippen molar-refractivity contribution >= 4 is 17.9 Å². The van der Waals surface area contributed by atoms with Crippen molar-refractivity contribution in [3.05, 3.63) is 0 Å². The van der Waals surface area contributed by atoms with Gasteiger partial charge >= 0.3 is 17.9 Å². The van der Waals surface area contributed by atoms with Crippen LogP contribution in [0, 0.1) is 0 Å². The quantitative estimate of drug-likeness (QED) is 0.0373. The van der Waals surface area contributed by atoms with Crippen molar-refractivity contribution in [2.75, 3.05) is 13.2 Å². The van der Waals surface area contributed by atoms with Crippen LogP contribution in [0.2, 0.25) is 0 Å². The third-order valence-corrected chi connectivity index (χ3v) is 9.11. The highest BCUT2D eigenvalue weighted by Crippen LogP contribution is 2.15. The zero-order valence-electron chi connectivity index (χ0n) is 31.6. The first kappa shape index (κ1) is 45.4. The van der Waals surface area contributed by atoms with E-state index in [1.54, 1.807) is 0 Å². The van der Waals surface area contributed by atoms with Crippen LogP contribution in [0.4, 0.5) is 0 Å². The van der Waals surface area contributed by atoms with Crippen molar-refractivity contribution < 1.29 is 28.6 Å². The van der Waals surface area contributed by atoms with Gasteiger partial charge in [-0.15, -0.1) is 0 Å². The van der Waals surface area contributed by atoms with E-state index in [1.807, 2.05) is 0 Å². The highest BCUT2D eigenvalue weighted by atomic mass is 16.6. The normalized spacial score (nSPS) is 11.8. The van der Waals surface area contributed by atoms with Gasteiger partial charge in [0.2, 0.25) is 0 Å². The van der Waals surface area contributed by atoms with Gasteiger partial charge in [-0.2, -0.15) is 0 Å². The lowest BCUT2D eigenvalue weighted by Crippen LogP contribution is -2.30. The van der Waals surface area contributed by atoms with E-state index < -0.39 is 6.10 Å². The van der Waals surface area contributed by atoms with Crippen molar-refractivity contribution in [3.8, 4) is 0 Å². The van der Waals surface area contributed by atoms with E-state index in [2.05, 4.69) is 20.8 Å². The van der Waals surface area contributed by atoms with E-state index >= 15 is 0 Å². The Morgan fingerprint density at radius 1 is 0.340 bits per heavy atom. The molecule has 0 saturated heterocycles. The van der Waals surface area contributed by atoms with Crippen LogP contribution in [0.25, 0.3) is 0 Å². The minimum Gasteiger partial charge on any atom is -0.462 e. The van der Waals surface area contributed by atoms with Crippen LogP contribution in [-0.2, 0) is 28.6 Å². The Hall–Kier alpha value is -1.59. The molecule has 0 aliphatic rings. The number of unbranched alkanes of at least 4 members (excludes halogenated alkanes) is 26. The smallest absolute Gasteiger partial charge is 0.306 e. The van der Waals surface area contributed by atoms with Crippen LogP contribution in [0.3, 0.4) is 0 Å². The van der Waals surface area contributed by atoms with Crippen molar-refractivity contribution in [1.29, 1.82) is 0 Å². The van der Waals surface area contributed by atoms with Gasteiger partial charge < -0.3 is 14.2 Å². The molecule has 0 radical (unpaired) electrons. The Morgan fingerprint density at radius 3 is 0.851 bits per heavy atom. The molecule has 0 heterocycles. The predicted molar refractivity (Wildman–Crippen MR) is 197 cm³/mol. The number of hydrogen-bond acceptors (Lipinski definition) is 6. The summed E-state index contributed by atoms with van der Waals surface area (Å²) in [5.41, 5.74) is 0. The van der Waals surface area contributed by atoms with Crippen molar-refractivity contribution in [1.82, 2.24) is 0 Å². The third kappa shape index (κ3) is 35.5. The predicted octanol–water partition coefficient (Wildman–Crippen LogP) is 12.5. The van der Waals surface area contributed by atoms with E-state index in [0.717, 1.165) is 64.2 Å². The summed E-state index contributed by atoms with van der Waals surface area (Å²) < 4.78 is 16.5. The largest absolute Gasteiger partial charge is 0.462 e. The van der Waals surface area contributed by atoms with E-state index in [4.69, 9.17) is 14.2 Å². The van der Waals surface area contributed by atoms with Crippen molar-refractivity contribution in [3.63, 3.8) is 0 Å². The summed E-state index contributed by atoms with van der Waals surface area (Å²) in [5.74, 6) is -0.880. The van der Waals surface area contributed by atoms with Gasteiger partial charge in [0, 0.05) is 19.3 Å². The average Bonchev–Trinajstić information content (AvgIpc) is 3.06. The second-order valence-corrected chi connectivity index (χ2v) is 13.9. The molecule has 0 unspecified atom stereocenters. The van der Waals surface area contributed by atoms with Gasteiger partial charge in [0.05, 0.1) is 0 Å². The lowest BCUT2D eigenvalue weighted by Gasteiger charge is -2.18. The van der Waals surface area contributed by atoms with E-state index in [9.17, 15) is 14.4 Å². The van der Waals surface area contributed by atoms with Gasteiger partial charge in [-0.25, -0.2) is 0 Å². The summed E-state index contributed by atoms with van der Waals surface area (Å²) in [5, 5.41) is 0. The lowest BCUT2D eigenvalue weighted by molar-refractivity contribution is -0.167. The molecule has 0 fully saturated rings. The molecule has 6 heteroatoms. The SMILES string of the molecule is CCCCCCCCCCCCCCCCCCCC(=O)O[C@@H](COC(=O)CCCCCCC)COC(=O)CCCCCCCCC. The van der Waals surface area contributed by atoms with E-state index in [0.29, 0.717) is 19.3 Å². The second kappa shape index (κ2) is 37.2. The van der Waals surface area contributed by atoms with Gasteiger partial charge in [0.15, 0.2) is 6.10 Å². The molecule has 0 amide bonds. The molecule has 0 aromatic carbocycles. The molecule has 0 aromatic rings. The Balaban J connectivity index is 4.13. The molecule has 0 aromatic heterocycles. The Labute approximate surface area is 291 Å². The summed E-state index contributed by atoms with van der Waals surface area (Å²) in [6.45, 7) is 6.52. The molecule has 0 saturated carbocycles. The summed E-state index contributed by atoms with van der Waals surface area (Å²) in [7, 11) is 0. The van der Waals surface area contributed by atoms with Gasteiger partial charge in [-0.05, 0) is 19.3 Å². The van der Waals surface area contributed by atoms with Crippen LogP contribution >= 0.6 is 0 Å². The molecule has 0 rings (SSSR count). The molecule has 0 N–H and O–H groups in total. The molecule has 278 valence electrons. The topological polar surface area (TPSA) is 78.9 Å². The highest BCUT2D eigenvalue weighted by Gasteiger charge is 2.19. The molecular weight excluding hydrogens is 588 g/mol. The van der Waals surface area contributed by atoms with E-state index in [-0.39, 0.29) is 31.1 Å². The maximum Gasteiger partial charge on any atom is 0.306 e. The molecule has 47 heavy (non-hydrogen) atoms. The molecular formula is C41H78O6. The minimum absolute atomic E-state index is 0.0656. The molecule has 1 atom stereocenters. The fraction of sp³-hybridized carbons (Fsp3) is 0.927. The monoisotopic (exact) mass is 667 g/mol. The Morgan fingerprint density at radius 2 is 0.574 bits per heavy atom. The van der Waals surface area contributed by atoms with Crippen LogP contribution in [0.5, 0.6) is 0 Å². The Kier molecular flexibility index (Phi) is 36.0. The maximum absolute atomic E-state index is 12.6. The first-order chi connectivity index (χ1) is 23.0. The Bertz CT molecular complexity index is 693. The van der Waals surface area contributed by atoms with Crippen molar-refractivity contribution in [2.45, 2.75) is 232 Å². The summed E-state index contributed by atoms with van der Waals surface area (Å²) in [6, 6.07) is 0. The molecule has 0 aliphatic heterocycles. The number of carbonyl (C=O) groups excluding carboxylic acids is 3. The number of esters is 3. The van der Waals surface area contributed by atoms with E-state index in [1.165, 1.54) is 122 Å². The number of rotatable bonds is 37. The minimum atomic E-state index is -0.754. The van der Waals surface area contributed by atoms with Gasteiger partial charge in [0.25, 0.3) is 0 Å². The number of hydrogen-bond donors (Lipinski definition) is 0. The first-order valence-electron chi connectivity index (χ1n) is 20.5. The summed E-state index contributed by atoms with van der Waals surface area (Å²) in [4.78, 5) is 37.1. The molecule has 0 aliphatic carbocycles. The zero-order chi connectivity index (χ0) is 34.5. The van der Waals surface area contributed by atoms with Crippen LogP contribution in [0.15, 0.2) is 0 Å². The van der Waals surface area contributed by atoms with Gasteiger partial charge in [-0.3, -0.25) is 14.4 Å². The summed E-state index contributed by atoms with van der Waals surface area (Å²) >= 11 is 0. The zero-order valence-corrected chi connectivity index (χ0v) is 31.6. The summed E-state index contributed by atoms with van der Waals surface area (Å²) in [6.07, 6.45) is 35.6. The maximum atomic E-state index is 12.6. The average molecular weight is 667 g/mol. The fourth-order valence-electron chi connectivity index (χ4n) is 5.97.